The van der Waals surface area contributed by atoms with Gasteiger partial charge in [0.25, 0.3) is 5.91 Å². The first-order chi connectivity index (χ1) is 14.6. The van der Waals surface area contributed by atoms with Crippen LogP contribution in [0.2, 0.25) is 5.02 Å². The van der Waals surface area contributed by atoms with Gasteiger partial charge in [-0.3, -0.25) is 14.6 Å². The Morgan fingerprint density at radius 2 is 1.74 bits per heavy atom. The monoisotopic (exact) mass is 458 g/mol. The Hall–Kier alpha value is -2.83. The number of H-pyrrole nitrogens is 1. The molecule has 1 aliphatic rings. The lowest BCUT2D eigenvalue weighted by Gasteiger charge is -2.32. The van der Waals surface area contributed by atoms with Gasteiger partial charge in [0.2, 0.25) is 5.91 Å². The van der Waals surface area contributed by atoms with Gasteiger partial charge < -0.3 is 15.6 Å². The van der Waals surface area contributed by atoms with Crippen LogP contribution in [0.1, 0.15) is 41.7 Å². The predicted molar refractivity (Wildman–Crippen MR) is 125 cm³/mol. The number of halogens is 2. The molecule has 0 spiro atoms. The molecule has 1 aromatic carbocycles. The first-order valence-electron chi connectivity index (χ1n) is 10.1. The molecule has 2 atom stereocenters. The second-order valence-corrected chi connectivity index (χ2v) is 7.94. The van der Waals surface area contributed by atoms with Crippen molar-refractivity contribution in [3.63, 3.8) is 0 Å². The minimum atomic E-state index is -0.180. The van der Waals surface area contributed by atoms with Crippen LogP contribution in [0.3, 0.4) is 0 Å². The summed E-state index contributed by atoms with van der Waals surface area (Å²) in [5, 5.41) is 7.66. The minimum absolute atomic E-state index is 0. The maximum atomic E-state index is 12.8. The van der Waals surface area contributed by atoms with Crippen LogP contribution in [-0.2, 0) is 4.79 Å². The molecule has 8 heteroatoms. The van der Waals surface area contributed by atoms with Crippen LogP contribution in [0.5, 0.6) is 0 Å². The molecule has 1 saturated carbocycles. The van der Waals surface area contributed by atoms with Crippen molar-refractivity contribution in [1.82, 2.24) is 20.6 Å². The van der Waals surface area contributed by atoms with Gasteiger partial charge in [-0.05, 0) is 60.9 Å². The number of aromatic nitrogens is 2. The zero-order valence-corrected chi connectivity index (χ0v) is 18.4. The maximum absolute atomic E-state index is 12.8. The predicted octanol–water partition coefficient (Wildman–Crippen LogP) is 4.51. The van der Waals surface area contributed by atoms with Crippen LogP contribution < -0.4 is 10.6 Å². The quantitative estimate of drug-likeness (QED) is 0.491. The van der Waals surface area contributed by atoms with Crippen molar-refractivity contribution in [2.45, 2.75) is 37.8 Å². The third-order valence-corrected chi connectivity index (χ3v) is 5.61. The van der Waals surface area contributed by atoms with E-state index in [2.05, 4.69) is 20.6 Å². The van der Waals surface area contributed by atoms with Crippen LogP contribution in [0.15, 0.2) is 54.9 Å². The summed E-state index contributed by atoms with van der Waals surface area (Å²) in [6.45, 7) is 0. The number of pyridine rings is 1. The van der Waals surface area contributed by atoms with Gasteiger partial charge in [-0.15, -0.1) is 12.4 Å². The molecule has 3 aromatic rings. The fourth-order valence-electron chi connectivity index (χ4n) is 3.83. The number of fused-ring (bicyclic) bond motifs is 1. The SMILES string of the molecule is Cl.O=C(/C=C/c1ccncc1)N[C@@H]1CCCC[C@@H]1NC(=O)c1cc2cc(Cl)ccc2[nH]1. The molecule has 0 radical (unpaired) electrons. The summed E-state index contributed by atoms with van der Waals surface area (Å²) < 4.78 is 0. The summed E-state index contributed by atoms with van der Waals surface area (Å²) in [4.78, 5) is 32.3. The van der Waals surface area contributed by atoms with Crippen molar-refractivity contribution in [2.75, 3.05) is 0 Å². The van der Waals surface area contributed by atoms with E-state index in [-0.39, 0.29) is 36.3 Å². The summed E-state index contributed by atoms with van der Waals surface area (Å²) >= 11 is 6.03. The number of aromatic amines is 1. The summed E-state index contributed by atoms with van der Waals surface area (Å²) in [6, 6.07) is 10.7. The zero-order chi connectivity index (χ0) is 20.9. The average molecular weight is 459 g/mol. The fourth-order valence-corrected chi connectivity index (χ4v) is 4.01. The number of carbonyl (C=O) groups is 2. The van der Waals surface area contributed by atoms with E-state index in [1.165, 1.54) is 6.08 Å². The van der Waals surface area contributed by atoms with Gasteiger partial charge in [-0.25, -0.2) is 0 Å². The van der Waals surface area contributed by atoms with Crippen LogP contribution >= 0.6 is 24.0 Å². The van der Waals surface area contributed by atoms with Crippen LogP contribution in [0.4, 0.5) is 0 Å². The van der Waals surface area contributed by atoms with Gasteiger partial charge in [0.1, 0.15) is 5.69 Å². The van der Waals surface area contributed by atoms with Crippen LogP contribution in [0, 0.1) is 0 Å². The van der Waals surface area contributed by atoms with E-state index in [1.807, 2.05) is 24.3 Å². The molecule has 0 aliphatic heterocycles. The lowest BCUT2D eigenvalue weighted by Crippen LogP contribution is -2.53. The lowest BCUT2D eigenvalue weighted by molar-refractivity contribution is -0.117. The molecule has 2 heterocycles. The largest absolute Gasteiger partial charge is 0.351 e. The van der Waals surface area contributed by atoms with Crippen LogP contribution in [0.25, 0.3) is 17.0 Å². The molecule has 4 rings (SSSR count). The van der Waals surface area contributed by atoms with E-state index in [0.29, 0.717) is 10.7 Å². The maximum Gasteiger partial charge on any atom is 0.268 e. The second kappa shape index (κ2) is 10.5. The lowest BCUT2D eigenvalue weighted by atomic mass is 9.90. The van der Waals surface area contributed by atoms with Crippen LogP contribution in [-0.4, -0.2) is 33.9 Å². The van der Waals surface area contributed by atoms with E-state index in [0.717, 1.165) is 42.1 Å². The Labute approximate surface area is 191 Å². The fraction of sp³-hybridized carbons (Fsp3) is 0.261. The highest BCUT2D eigenvalue weighted by molar-refractivity contribution is 6.31. The van der Waals surface area contributed by atoms with Gasteiger partial charge in [-0.1, -0.05) is 24.4 Å². The van der Waals surface area contributed by atoms with Gasteiger partial charge in [0.15, 0.2) is 0 Å². The third kappa shape index (κ3) is 5.87. The standard InChI is InChI=1S/C23H23ClN4O2.ClH/c24-17-6-7-18-16(13-17)14-21(26-18)23(30)28-20-4-2-1-3-19(20)27-22(29)8-5-15-9-11-25-12-10-15;/h5-14,19-20,26H,1-4H2,(H,27,29)(H,28,30);1H/b8-5+;/t19-,20+;/m1./s1. The van der Waals surface area contributed by atoms with Crippen molar-refractivity contribution in [1.29, 1.82) is 0 Å². The zero-order valence-electron chi connectivity index (χ0n) is 16.8. The Morgan fingerprint density at radius 1 is 1.03 bits per heavy atom. The van der Waals surface area contributed by atoms with Crippen molar-refractivity contribution >= 4 is 52.8 Å². The molecule has 0 saturated heterocycles. The van der Waals surface area contributed by atoms with Crippen molar-refractivity contribution in [3.05, 3.63) is 71.1 Å². The van der Waals surface area contributed by atoms with Gasteiger partial charge >= 0.3 is 0 Å². The highest BCUT2D eigenvalue weighted by atomic mass is 35.5. The number of nitrogens with one attached hydrogen (secondary N) is 3. The van der Waals surface area contributed by atoms with Gasteiger partial charge in [-0.2, -0.15) is 0 Å². The highest BCUT2D eigenvalue weighted by Gasteiger charge is 2.28. The number of hydrogen-bond donors (Lipinski definition) is 3. The Balaban J connectivity index is 0.00000272. The number of carbonyl (C=O) groups excluding carboxylic acids is 2. The molecule has 2 aromatic heterocycles. The molecule has 1 fully saturated rings. The number of benzene rings is 1. The van der Waals surface area contributed by atoms with E-state index >= 15 is 0 Å². The van der Waals surface area contributed by atoms with Crippen molar-refractivity contribution in [2.24, 2.45) is 0 Å². The van der Waals surface area contributed by atoms with E-state index in [1.54, 1.807) is 30.6 Å². The van der Waals surface area contributed by atoms with E-state index in [4.69, 9.17) is 11.6 Å². The molecular formula is C23H24Cl2N4O2. The Morgan fingerprint density at radius 3 is 2.48 bits per heavy atom. The number of rotatable bonds is 5. The number of hydrogen-bond acceptors (Lipinski definition) is 3. The molecule has 0 bridgehead atoms. The smallest absolute Gasteiger partial charge is 0.268 e. The molecule has 6 nitrogen and oxygen atoms in total. The average Bonchev–Trinajstić information content (AvgIpc) is 3.18. The minimum Gasteiger partial charge on any atom is -0.351 e. The van der Waals surface area contributed by atoms with Crippen molar-refractivity contribution in [3.8, 4) is 0 Å². The van der Waals surface area contributed by atoms with E-state index in [9.17, 15) is 9.59 Å². The Kier molecular flexibility index (Phi) is 7.71. The summed E-state index contributed by atoms with van der Waals surface area (Å²) in [7, 11) is 0. The summed E-state index contributed by atoms with van der Waals surface area (Å²) in [5.41, 5.74) is 2.26. The number of nitrogens with zero attached hydrogens (tertiary/aromatic N) is 1. The first-order valence-corrected chi connectivity index (χ1v) is 10.4. The molecule has 162 valence electrons. The van der Waals surface area contributed by atoms with Crippen molar-refractivity contribution < 1.29 is 9.59 Å². The van der Waals surface area contributed by atoms with Gasteiger partial charge in [0.05, 0.1) is 0 Å². The molecule has 3 N–H and O–H groups in total. The summed E-state index contributed by atoms with van der Waals surface area (Å²) in [6.07, 6.45) is 10.3. The molecule has 2 amide bonds. The molecular weight excluding hydrogens is 435 g/mol. The third-order valence-electron chi connectivity index (χ3n) is 5.37. The Bertz CT molecular complexity index is 1080. The van der Waals surface area contributed by atoms with Gasteiger partial charge in [0, 0.05) is 46.5 Å². The topological polar surface area (TPSA) is 86.9 Å². The number of amides is 2. The van der Waals surface area contributed by atoms with E-state index < -0.39 is 0 Å². The molecule has 0 unspecified atom stereocenters. The normalized spacial score (nSPS) is 18.5. The summed E-state index contributed by atoms with van der Waals surface area (Å²) in [5.74, 6) is -0.348. The molecule has 1 aliphatic carbocycles. The highest BCUT2D eigenvalue weighted by Crippen LogP contribution is 2.22. The molecule has 31 heavy (non-hydrogen) atoms. The second-order valence-electron chi connectivity index (χ2n) is 7.51. The first kappa shape index (κ1) is 22.8.